The first-order chi connectivity index (χ1) is 9.65. The van der Waals surface area contributed by atoms with Gasteiger partial charge in [-0.25, -0.2) is 4.39 Å². The van der Waals surface area contributed by atoms with Crippen LogP contribution >= 0.6 is 15.9 Å². The molecule has 20 heavy (non-hydrogen) atoms. The van der Waals surface area contributed by atoms with Gasteiger partial charge in [-0.3, -0.25) is 4.90 Å². The number of likely N-dealkylation sites (tertiary alicyclic amines) is 1. The van der Waals surface area contributed by atoms with Crippen LogP contribution in [0.3, 0.4) is 0 Å². The zero-order chi connectivity index (χ0) is 14.5. The van der Waals surface area contributed by atoms with E-state index in [-0.39, 0.29) is 11.9 Å². The van der Waals surface area contributed by atoms with E-state index in [9.17, 15) is 4.39 Å². The molecule has 0 aromatic heterocycles. The monoisotopic (exact) mass is 344 g/mol. The highest BCUT2D eigenvalue weighted by Gasteiger charge is 2.25. The minimum Gasteiger partial charge on any atom is -0.384 e. The van der Waals surface area contributed by atoms with Crippen LogP contribution in [0.2, 0.25) is 0 Å². The molecule has 0 spiro atoms. The Bertz CT molecular complexity index is 436. The number of rotatable bonds is 5. The molecular formula is C15H22BrFN2O. The van der Waals surface area contributed by atoms with Crippen LogP contribution in [-0.4, -0.2) is 38.3 Å². The van der Waals surface area contributed by atoms with Gasteiger partial charge in [-0.05, 0) is 65.5 Å². The van der Waals surface area contributed by atoms with E-state index in [1.807, 2.05) is 6.07 Å². The van der Waals surface area contributed by atoms with Crippen molar-refractivity contribution in [3.05, 3.63) is 34.1 Å². The van der Waals surface area contributed by atoms with Crippen molar-refractivity contribution in [1.29, 1.82) is 0 Å². The number of hydrogen-bond donors (Lipinski definition) is 1. The molecule has 5 heteroatoms. The molecule has 1 unspecified atom stereocenters. The molecule has 3 nitrogen and oxygen atoms in total. The normalized spacial score (nSPS) is 19.2. The Morgan fingerprint density at radius 1 is 1.45 bits per heavy atom. The van der Waals surface area contributed by atoms with Crippen molar-refractivity contribution in [3.63, 3.8) is 0 Å². The highest BCUT2D eigenvalue weighted by molar-refractivity contribution is 9.10. The van der Waals surface area contributed by atoms with E-state index >= 15 is 0 Å². The van der Waals surface area contributed by atoms with Crippen molar-refractivity contribution in [3.8, 4) is 0 Å². The van der Waals surface area contributed by atoms with E-state index in [1.54, 1.807) is 19.2 Å². The SMILES string of the molecule is COCC1CCN(C(CN)c2ccc(Br)c(F)c2)CC1. The number of nitrogens with zero attached hydrogens (tertiary/aromatic N) is 1. The Morgan fingerprint density at radius 2 is 2.15 bits per heavy atom. The van der Waals surface area contributed by atoms with E-state index in [0.29, 0.717) is 16.9 Å². The molecule has 1 aliphatic heterocycles. The van der Waals surface area contributed by atoms with E-state index < -0.39 is 0 Å². The first kappa shape index (κ1) is 15.9. The van der Waals surface area contributed by atoms with Gasteiger partial charge in [0.1, 0.15) is 5.82 Å². The third-order valence-electron chi connectivity index (χ3n) is 4.04. The molecule has 2 N–H and O–H groups in total. The van der Waals surface area contributed by atoms with E-state index in [1.165, 1.54) is 0 Å². The Hall–Kier alpha value is -0.490. The summed E-state index contributed by atoms with van der Waals surface area (Å²) in [6.07, 6.45) is 2.23. The van der Waals surface area contributed by atoms with E-state index in [2.05, 4.69) is 20.8 Å². The molecule has 1 aliphatic rings. The van der Waals surface area contributed by atoms with Crippen molar-refractivity contribution >= 4 is 15.9 Å². The molecule has 0 saturated carbocycles. The van der Waals surface area contributed by atoms with E-state index in [4.69, 9.17) is 10.5 Å². The van der Waals surface area contributed by atoms with Gasteiger partial charge in [0.25, 0.3) is 0 Å². The Kier molecular flexibility index (Phi) is 5.96. The summed E-state index contributed by atoms with van der Waals surface area (Å²) >= 11 is 3.19. The van der Waals surface area contributed by atoms with Gasteiger partial charge in [0.05, 0.1) is 4.47 Å². The molecule has 0 radical (unpaired) electrons. The summed E-state index contributed by atoms with van der Waals surface area (Å²) in [7, 11) is 1.75. The molecular weight excluding hydrogens is 323 g/mol. The fourth-order valence-corrected chi connectivity index (χ4v) is 3.13. The number of nitrogens with two attached hydrogens (primary N) is 1. The molecule has 0 bridgehead atoms. The summed E-state index contributed by atoms with van der Waals surface area (Å²) in [5.41, 5.74) is 6.87. The highest BCUT2D eigenvalue weighted by Crippen LogP contribution is 2.28. The van der Waals surface area contributed by atoms with Crippen LogP contribution in [0.25, 0.3) is 0 Å². The van der Waals surface area contributed by atoms with Gasteiger partial charge in [0.2, 0.25) is 0 Å². The molecule has 1 heterocycles. The molecule has 1 fully saturated rings. The smallest absolute Gasteiger partial charge is 0.137 e. The first-order valence-electron chi connectivity index (χ1n) is 7.03. The first-order valence-corrected chi connectivity index (χ1v) is 7.83. The van der Waals surface area contributed by atoms with E-state index in [0.717, 1.165) is 38.1 Å². The molecule has 112 valence electrons. The second-order valence-electron chi connectivity index (χ2n) is 5.36. The maximum absolute atomic E-state index is 13.7. The summed E-state index contributed by atoms with van der Waals surface area (Å²) in [5, 5.41) is 0. The molecule has 0 aliphatic carbocycles. The zero-order valence-electron chi connectivity index (χ0n) is 11.8. The van der Waals surface area contributed by atoms with Crippen molar-refractivity contribution in [2.75, 3.05) is 33.4 Å². The molecule has 1 aromatic carbocycles. The fourth-order valence-electron chi connectivity index (χ4n) is 2.88. The Balaban J connectivity index is 2.03. The molecule has 0 amide bonds. The summed E-state index contributed by atoms with van der Waals surface area (Å²) in [5.74, 6) is 0.409. The number of piperidine rings is 1. The lowest BCUT2D eigenvalue weighted by atomic mass is 9.95. The van der Waals surface area contributed by atoms with Crippen LogP contribution in [-0.2, 0) is 4.74 Å². The maximum Gasteiger partial charge on any atom is 0.137 e. The van der Waals surface area contributed by atoms with Crippen LogP contribution in [0.1, 0.15) is 24.4 Å². The largest absolute Gasteiger partial charge is 0.384 e. The summed E-state index contributed by atoms with van der Waals surface area (Å²) in [4.78, 5) is 2.36. The second kappa shape index (κ2) is 7.50. The maximum atomic E-state index is 13.7. The van der Waals surface area contributed by atoms with Crippen molar-refractivity contribution in [2.45, 2.75) is 18.9 Å². The third kappa shape index (κ3) is 3.79. The second-order valence-corrected chi connectivity index (χ2v) is 6.21. The summed E-state index contributed by atoms with van der Waals surface area (Å²) < 4.78 is 19.4. The quantitative estimate of drug-likeness (QED) is 0.892. The van der Waals surface area contributed by atoms with Crippen molar-refractivity contribution in [1.82, 2.24) is 4.90 Å². The van der Waals surface area contributed by atoms with Gasteiger partial charge in [0.15, 0.2) is 0 Å². The minimum absolute atomic E-state index is 0.0982. The highest BCUT2D eigenvalue weighted by atomic mass is 79.9. The van der Waals surface area contributed by atoms with Gasteiger partial charge in [-0.2, -0.15) is 0 Å². The standard InChI is InChI=1S/C15H22BrFN2O/c1-20-10-11-4-6-19(7-5-11)15(9-18)12-2-3-13(16)14(17)8-12/h2-3,8,11,15H,4-7,9-10,18H2,1H3. The van der Waals surface area contributed by atoms with Crippen molar-refractivity contribution < 1.29 is 9.13 Å². The summed E-state index contributed by atoms with van der Waals surface area (Å²) in [6, 6.07) is 5.39. The molecule has 2 rings (SSSR count). The van der Waals surface area contributed by atoms with Gasteiger partial charge < -0.3 is 10.5 Å². The van der Waals surface area contributed by atoms with Gasteiger partial charge in [-0.15, -0.1) is 0 Å². The predicted octanol–water partition coefficient (Wildman–Crippen LogP) is 2.95. The number of methoxy groups -OCH3 is 1. The van der Waals surface area contributed by atoms with Gasteiger partial charge in [0, 0.05) is 26.3 Å². The Morgan fingerprint density at radius 3 is 2.70 bits per heavy atom. The lowest BCUT2D eigenvalue weighted by Gasteiger charge is -2.37. The average molecular weight is 345 g/mol. The number of halogens is 2. The minimum atomic E-state index is -0.227. The van der Waals surface area contributed by atoms with Crippen molar-refractivity contribution in [2.24, 2.45) is 11.7 Å². The Labute approximate surface area is 128 Å². The fraction of sp³-hybridized carbons (Fsp3) is 0.600. The molecule has 1 aromatic rings. The van der Waals surface area contributed by atoms with Crippen LogP contribution in [0.15, 0.2) is 22.7 Å². The number of benzene rings is 1. The topological polar surface area (TPSA) is 38.5 Å². The predicted molar refractivity (Wildman–Crippen MR) is 82.1 cm³/mol. The number of hydrogen-bond acceptors (Lipinski definition) is 3. The molecule has 1 saturated heterocycles. The van der Waals surface area contributed by atoms with Crippen LogP contribution in [0.5, 0.6) is 0 Å². The van der Waals surface area contributed by atoms with Gasteiger partial charge >= 0.3 is 0 Å². The van der Waals surface area contributed by atoms with Gasteiger partial charge in [-0.1, -0.05) is 6.07 Å². The average Bonchev–Trinajstić information content (AvgIpc) is 2.46. The molecule has 1 atom stereocenters. The van der Waals surface area contributed by atoms with Crippen LogP contribution in [0, 0.1) is 11.7 Å². The lowest BCUT2D eigenvalue weighted by molar-refractivity contribution is 0.0810. The third-order valence-corrected chi connectivity index (χ3v) is 4.69. The number of ether oxygens (including phenoxy) is 1. The van der Waals surface area contributed by atoms with Crippen LogP contribution < -0.4 is 5.73 Å². The van der Waals surface area contributed by atoms with Crippen LogP contribution in [0.4, 0.5) is 4.39 Å². The zero-order valence-corrected chi connectivity index (χ0v) is 13.4. The summed E-state index contributed by atoms with van der Waals surface area (Å²) in [6.45, 7) is 3.32. The lowest BCUT2D eigenvalue weighted by Crippen LogP contribution is -2.40.